The van der Waals surface area contributed by atoms with E-state index in [4.69, 9.17) is 11.6 Å². The Hall–Kier alpha value is -2.52. The monoisotopic (exact) mass is 630 g/mol. The highest BCUT2D eigenvalue weighted by atomic mass is 35.5. The summed E-state index contributed by atoms with van der Waals surface area (Å²) in [5, 5.41) is 16.7. The SMILES string of the molecule is CCn1nc(C(=O)NC[C@]2(O)CC[C@H](S(C)(=O)=O)CC2)c(Cl)c1-c1ccc(CC(C)(C)C(F)(F)F)nc1OC(F)F. The number of aryl methyl sites for hydroxylation is 1. The number of amides is 1. The molecule has 2 N–H and O–H groups in total. The van der Waals surface area contributed by atoms with Crippen LogP contribution in [0.3, 0.4) is 0 Å². The first-order chi connectivity index (χ1) is 18.8. The number of aliphatic hydroxyl groups is 1. The molecule has 2 heterocycles. The average Bonchev–Trinajstić information content (AvgIpc) is 3.17. The molecule has 1 fully saturated rings. The van der Waals surface area contributed by atoms with Crippen LogP contribution in [0.25, 0.3) is 11.3 Å². The normalized spacial score (nSPS) is 20.3. The molecule has 0 spiro atoms. The van der Waals surface area contributed by atoms with E-state index in [2.05, 4.69) is 20.1 Å². The predicted octanol–water partition coefficient (Wildman–Crippen LogP) is 4.80. The zero-order chi connectivity index (χ0) is 31.0. The molecule has 230 valence electrons. The van der Waals surface area contributed by atoms with Crippen molar-refractivity contribution in [2.75, 3.05) is 12.8 Å². The molecule has 0 unspecified atom stereocenters. The maximum absolute atomic E-state index is 13.4. The molecule has 2 aromatic heterocycles. The topological polar surface area (TPSA) is 123 Å². The maximum Gasteiger partial charge on any atom is 0.394 e. The summed E-state index contributed by atoms with van der Waals surface area (Å²) in [4.78, 5) is 16.9. The molecule has 1 amide bonds. The van der Waals surface area contributed by atoms with Gasteiger partial charge in [-0.15, -0.1) is 0 Å². The lowest BCUT2D eigenvalue weighted by molar-refractivity contribution is -0.211. The van der Waals surface area contributed by atoms with Gasteiger partial charge >= 0.3 is 12.8 Å². The Balaban J connectivity index is 1.89. The van der Waals surface area contributed by atoms with Crippen LogP contribution < -0.4 is 10.1 Å². The summed E-state index contributed by atoms with van der Waals surface area (Å²) >= 11 is 6.48. The van der Waals surface area contributed by atoms with Crippen LogP contribution in [0.4, 0.5) is 22.0 Å². The van der Waals surface area contributed by atoms with Crippen LogP contribution in [-0.2, 0) is 22.8 Å². The van der Waals surface area contributed by atoms with Gasteiger partial charge in [0, 0.05) is 31.5 Å². The Bertz CT molecular complexity index is 1370. The number of nitrogens with zero attached hydrogens (tertiary/aromatic N) is 3. The molecule has 0 radical (unpaired) electrons. The molecular weight excluding hydrogens is 599 g/mol. The minimum absolute atomic E-state index is 0.0172. The van der Waals surface area contributed by atoms with Crippen molar-refractivity contribution in [2.24, 2.45) is 5.41 Å². The highest BCUT2D eigenvalue weighted by molar-refractivity contribution is 7.91. The summed E-state index contributed by atoms with van der Waals surface area (Å²) < 4.78 is 96.1. The lowest BCUT2D eigenvalue weighted by Crippen LogP contribution is -2.47. The fourth-order valence-corrected chi connectivity index (χ4v) is 6.03. The van der Waals surface area contributed by atoms with E-state index in [1.807, 2.05) is 0 Å². The van der Waals surface area contributed by atoms with Crippen LogP contribution in [-0.4, -0.2) is 70.6 Å². The summed E-state index contributed by atoms with van der Waals surface area (Å²) in [5.74, 6) is -1.47. The number of rotatable bonds is 10. The van der Waals surface area contributed by atoms with E-state index in [1.54, 1.807) is 6.92 Å². The third-order valence-electron chi connectivity index (χ3n) is 7.22. The summed E-state index contributed by atoms with van der Waals surface area (Å²) in [5.41, 5.74) is -4.12. The summed E-state index contributed by atoms with van der Waals surface area (Å²) in [6, 6.07) is 2.46. The number of aromatic nitrogens is 3. The number of pyridine rings is 1. The van der Waals surface area contributed by atoms with Crippen LogP contribution >= 0.6 is 11.6 Å². The van der Waals surface area contributed by atoms with E-state index in [9.17, 15) is 40.3 Å². The van der Waals surface area contributed by atoms with Gasteiger partial charge in [0.25, 0.3) is 5.91 Å². The molecule has 1 saturated carbocycles. The number of alkyl halides is 5. The first kappa shape index (κ1) is 33.0. The van der Waals surface area contributed by atoms with Gasteiger partial charge in [0.05, 0.1) is 32.5 Å². The average molecular weight is 631 g/mol. The van der Waals surface area contributed by atoms with Gasteiger partial charge in [-0.1, -0.05) is 25.4 Å². The maximum atomic E-state index is 13.4. The number of hydrogen-bond acceptors (Lipinski definition) is 7. The van der Waals surface area contributed by atoms with Crippen molar-refractivity contribution in [3.63, 3.8) is 0 Å². The molecule has 9 nitrogen and oxygen atoms in total. The molecule has 1 aliphatic rings. The van der Waals surface area contributed by atoms with Crippen molar-refractivity contribution < 1.29 is 45.0 Å². The van der Waals surface area contributed by atoms with E-state index in [-0.39, 0.29) is 66.4 Å². The smallest absolute Gasteiger partial charge is 0.394 e. The number of sulfone groups is 1. The van der Waals surface area contributed by atoms with Crippen LogP contribution in [0.1, 0.15) is 62.6 Å². The molecular formula is C25H32ClF5N4O5S. The Labute approximate surface area is 239 Å². The predicted molar refractivity (Wildman–Crippen MR) is 141 cm³/mol. The van der Waals surface area contributed by atoms with E-state index in [0.717, 1.165) is 20.1 Å². The molecule has 1 aliphatic carbocycles. The van der Waals surface area contributed by atoms with E-state index in [0.29, 0.717) is 0 Å². The molecule has 16 heteroatoms. The van der Waals surface area contributed by atoms with Crippen molar-refractivity contribution in [1.29, 1.82) is 0 Å². The Morgan fingerprint density at radius 2 is 1.88 bits per heavy atom. The number of halogens is 6. The lowest BCUT2D eigenvalue weighted by atomic mass is 9.84. The highest BCUT2D eigenvalue weighted by Crippen LogP contribution is 2.42. The summed E-state index contributed by atoms with van der Waals surface area (Å²) in [6.45, 7) is 0.105. The molecule has 0 aliphatic heterocycles. The molecule has 0 aromatic carbocycles. The largest absolute Gasteiger partial charge is 0.416 e. The molecule has 2 aromatic rings. The number of carbonyl (C=O) groups excluding carboxylic acids is 1. The van der Waals surface area contributed by atoms with Crippen molar-refractivity contribution >= 4 is 27.3 Å². The number of ether oxygens (including phenoxy) is 1. The van der Waals surface area contributed by atoms with Gasteiger partial charge in [0.1, 0.15) is 9.84 Å². The molecule has 0 bridgehead atoms. The van der Waals surface area contributed by atoms with Crippen molar-refractivity contribution in [3.8, 4) is 17.1 Å². The Kier molecular flexibility index (Phi) is 9.65. The molecule has 3 rings (SSSR count). The van der Waals surface area contributed by atoms with Gasteiger partial charge in [-0.2, -0.15) is 27.1 Å². The summed E-state index contributed by atoms with van der Waals surface area (Å²) in [6.07, 6.45) is -3.30. The number of nitrogens with one attached hydrogen (secondary N) is 1. The standard InChI is InChI=1S/C25H32ClF5N4O5S/c1-5-35-19(16-7-6-14(33-21(16)40-22(27)28)12-23(2,3)25(29,30)31)17(26)18(34-35)20(36)32-13-24(37)10-8-15(9-11-24)41(4,38)39/h6-7,15,22,37H,5,8-13H2,1-4H3,(H,32,36)/t15-,24-. The van der Waals surface area contributed by atoms with Gasteiger partial charge in [-0.3, -0.25) is 9.48 Å². The fraction of sp³-hybridized carbons (Fsp3) is 0.640. The van der Waals surface area contributed by atoms with E-state index < -0.39 is 57.1 Å². The third-order valence-corrected chi connectivity index (χ3v) is 9.26. The van der Waals surface area contributed by atoms with Crippen LogP contribution in [0.5, 0.6) is 5.88 Å². The molecule has 41 heavy (non-hydrogen) atoms. The Morgan fingerprint density at radius 1 is 1.27 bits per heavy atom. The first-order valence-corrected chi connectivity index (χ1v) is 15.1. The quantitative estimate of drug-likeness (QED) is 0.362. The first-order valence-electron chi connectivity index (χ1n) is 12.8. The second-order valence-corrected chi connectivity index (χ2v) is 13.6. The van der Waals surface area contributed by atoms with Crippen molar-refractivity contribution in [3.05, 3.63) is 28.5 Å². The van der Waals surface area contributed by atoms with Gasteiger partial charge < -0.3 is 15.2 Å². The minimum atomic E-state index is -4.58. The summed E-state index contributed by atoms with van der Waals surface area (Å²) in [7, 11) is -3.26. The Morgan fingerprint density at radius 3 is 2.39 bits per heavy atom. The molecule has 0 saturated heterocycles. The van der Waals surface area contributed by atoms with E-state index in [1.165, 1.54) is 16.8 Å². The van der Waals surface area contributed by atoms with Gasteiger partial charge in [0.2, 0.25) is 5.88 Å². The zero-order valence-electron chi connectivity index (χ0n) is 22.9. The fourth-order valence-electron chi connectivity index (χ4n) is 4.62. The molecule has 0 atom stereocenters. The zero-order valence-corrected chi connectivity index (χ0v) is 24.4. The van der Waals surface area contributed by atoms with Gasteiger partial charge in [0.15, 0.2) is 5.69 Å². The second-order valence-electron chi connectivity index (χ2n) is 10.9. The highest BCUT2D eigenvalue weighted by Gasteiger charge is 2.47. The minimum Gasteiger partial charge on any atom is -0.416 e. The van der Waals surface area contributed by atoms with Crippen LogP contribution in [0.15, 0.2) is 12.1 Å². The van der Waals surface area contributed by atoms with Crippen molar-refractivity contribution in [2.45, 2.75) is 83.1 Å². The lowest BCUT2D eigenvalue weighted by Gasteiger charge is -2.35. The third kappa shape index (κ3) is 7.66. The second kappa shape index (κ2) is 12.0. The number of hydrogen-bond donors (Lipinski definition) is 2. The van der Waals surface area contributed by atoms with Crippen LogP contribution in [0, 0.1) is 5.41 Å². The van der Waals surface area contributed by atoms with Crippen LogP contribution in [0.2, 0.25) is 5.02 Å². The van der Waals surface area contributed by atoms with Crippen molar-refractivity contribution in [1.82, 2.24) is 20.1 Å². The van der Waals surface area contributed by atoms with Gasteiger partial charge in [-0.05, 0) is 44.7 Å². The number of carbonyl (C=O) groups is 1. The van der Waals surface area contributed by atoms with E-state index >= 15 is 0 Å². The van der Waals surface area contributed by atoms with Gasteiger partial charge in [-0.25, -0.2) is 13.4 Å².